The van der Waals surface area contributed by atoms with Crippen molar-refractivity contribution in [2.45, 2.75) is 0 Å². The Kier molecular flexibility index (Phi) is 5.77. The number of benzene rings is 3. The van der Waals surface area contributed by atoms with E-state index in [1.807, 2.05) is 91.0 Å². The predicted octanol–water partition coefficient (Wildman–Crippen LogP) is 5.85. The molecule has 1 heterocycles. The molecule has 0 spiro atoms. The van der Waals surface area contributed by atoms with Gasteiger partial charge in [0.1, 0.15) is 17.3 Å². The maximum atomic E-state index is 13.2. The molecule has 0 aliphatic carbocycles. The Morgan fingerprint density at radius 2 is 1.57 bits per heavy atom. The number of carbonyl (C=O) groups excluding carboxylic acids is 1. The summed E-state index contributed by atoms with van der Waals surface area (Å²) in [7, 11) is 1.61. The summed E-state index contributed by atoms with van der Waals surface area (Å²) in [5.74, 6) is 1.09. The molecule has 1 aliphatic heterocycles. The average molecular weight is 415 g/mol. The Labute approximate surface area is 180 Å². The molecule has 0 unspecified atom stereocenters. The minimum atomic E-state index is -0.181. The summed E-state index contributed by atoms with van der Waals surface area (Å²) < 4.78 is 5.23. The Morgan fingerprint density at radius 3 is 2.23 bits per heavy atom. The molecule has 0 saturated heterocycles. The molecule has 0 N–H and O–H groups in total. The highest BCUT2D eigenvalue weighted by Crippen LogP contribution is 2.27. The van der Waals surface area contributed by atoms with Gasteiger partial charge in [0, 0.05) is 5.02 Å². The van der Waals surface area contributed by atoms with Crippen molar-refractivity contribution in [3.63, 3.8) is 0 Å². The topological polar surface area (TPSA) is 41.9 Å². The van der Waals surface area contributed by atoms with E-state index >= 15 is 0 Å². The molecule has 0 saturated carbocycles. The van der Waals surface area contributed by atoms with Crippen molar-refractivity contribution in [2.24, 2.45) is 4.99 Å². The lowest BCUT2D eigenvalue weighted by Gasteiger charge is -2.16. The fourth-order valence-electron chi connectivity index (χ4n) is 3.08. The molecule has 1 amide bonds. The predicted molar refractivity (Wildman–Crippen MR) is 123 cm³/mol. The third-order valence-corrected chi connectivity index (χ3v) is 4.87. The Bertz CT molecular complexity index is 1130. The van der Waals surface area contributed by atoms with Crippen molar-refractivity contribution in [1.29, 1.82) is 0 Å². The van der Waals surface area contributed by atoms with Gasteiger partial charge in [-0.15, -0.1) is 0 Å². The molecule has 4 rings (SSSR count). The van der Waals surface area contributed by atoms with Gasteiger partial charge in [0.15, 0.2) is 0 Å². The fourth-order valence-corrected chi connectivity index (χ4v) is 3.20. The average Bonchev–Trinajstić information content (AvgIpc) is 3.09. The van der Waals surface area contributed by atoms with Crippen LogP contribution in [0.1, 0.15) is 11.1 Å². The number of aliphatic imine (C=N–C) groups is 1. The largest absolute Gasteiger partial charge is 0.497 e. The van der Waals surface area contributed by atoms with Crippen molar-refractivity contribution in [1.82, 2.24) is 0 Å². The second-order valence-corrected chi connectivity index (χ2v) is 7.07. The fraction of sp³-hybridized carbons (Fsp3) is 0.0400. The molecule has 148 valence electrons. The summed E-state index contributed by atoms with van der Waals surface area (Å²) in [6.07, 6.45) is 5.53. The van der Waals surface area contributed by atoms with E-state index < -0.39 is 0 Å². The number of carbonyl (C=O) groups is 1. The highest BCUT2D eigenvalue weighted by molar-refractivity contribution is 6.32. The monoisotopic (exact) mass is 414 g/mol. The molecule has 0 atom stereocenters. The van der Waals surface area contributed by atoms with E-state index in [2.05, 4.69) is 4.99 Å². The van der Waals surface area contributed by atoms with Crippen LogP contribution in [-0.2, 0) is 4.79 Å². The van der Waals surface area contributed by atoms with Gasteiger partial charge >= 0.3 is 0 Å². The van der Waals surface area contributed by atoms with Crippen LogP contribution in [0.25, 0.3) is 12.2 Å². The third-order valence-electron chi connectivity index (χ3n) is 4.61. The number of amides is 1. The van der Waals surface area contributed by atoms with E-state index in [0.717, 1.165) is 22.6 Å². The van der Waals surface area contributed by atoms with Crippen LogP contribution in [0.15, 0.2) is 95.6 Å². The van der Waals surface area contributed by atoms with E-state index in [9.17, 15) is 4.79 Å². The maximum absolute atomic E-state index is 13.2. The quantitative estimate of drug-likeness (QED) is 0.491. The number of rotatable bonds is 5. The van der Waals surface area contributed by atoms with Gasteiger partial charge in [-0.2, -0.15) is 0 Å². The summed E-state index contributed by atoms with van der Waals surface area (Å²) in [4.78, 5) is 19.4. The van der Waals surface area contributed by atoms with Gasteiger partial charge in [-0.3, -0.25) is 9.69 Å². The summed E-state index contributed by atoms with van der Waals surface area (Å²) >= 11 is 5.96. The normalized spacial score (nSPS) is 15.1. The van der Waals surface area contributed by atoms with E-state index in [1.165, 1.54) is 0 Å². The molecule has 0 fully saturated rings. The first-order valence-corrected chi connectivity index (χ1v) is 9.79. The Morgan fingerprint density at radius 1 is 0.867 bits per heavy atom. The molecule has 3 aromatic rings. The molecule has 5 heteroatoms. The highest BCUT2D eigenvalue weighted by Gasteiger charge is 2.30. The zero-order chi connectivity index (χ0) is 20.9. The number of nitrogens with zero attached hydrogens (tertiary/aromatic N) is 2. The van der Waals surface area contributed by atoms with Crippen LogP contribution in [0.4, 0.5) is 5.69 Å². The van der Waals surface area contributed by atoms with Crippen molar-refractivity contribution in [3.05, 3.63) is 107 Å². The first kappa shape index (κ1) is 19.7. The Balaban J connectivity index is 1.72. The van der Waals surface area contributed by atoms with Gasteiger partial charge < -0.3 is 4.74 Å². The molecule has 0 bridgehead atoms. The number of methoxy groups -OCH3 is 1. The SMILES string of the molecule is COc1ccc(N2C(=O)/C(=C/c3ccccc3)N=C2/C=C\c2ccc(Cl)cc2)cc1. The number of amidine groups is 1. The standard InChI is InChI=1S/C25H19ClN2O2/c1-30-22-14-12-21(13-15-22)28-24(16-9-18-7-10-20(26)11-8-18)27-23(25(28)29)17-19-5-3-2-4-6-19/h2-17H,1H3/b16-9-,23-17-. The number of halogens is 1. The van der Waals surface area contributed by atoms with Crippen LogP contribution in [0.5, 0.6) is 5.75 Å². The minimum Gasteiger partial charge on any atom is -0.497 e. The third kappa shape index (κ3) is 4.34. The summed E-state index contributed by atoms with van der Waals surface area (Å²) in [5, 5.41) is 0.675. The van der Waals surface area contributed by atoms with Gasteiger partial charge in [0.2, 0.25) is 0 Å². The first-order chi connectivity index (χ1) is 14.6. The Hall–Kier alpha value is -3.63. The lowest BCUT2D eigenvalue weighted by atomic mass is 10.2. The van der Waals surface area contributed by atoms with Crippen LogP contribution in [0.3, 0.4) is 0 Å². The zero-order valence-electron chi connectivity index (χ0n) is 16.3. The summed E-state index contributed by atoms with van der Waals surface area (Å²) in [6.45, 7) is 0. The van der Waals surface area contributed by atoms with Crippen molar-refractivity contribution in [2.75, 3.05) is 12.0 Å². The summed E-state index contributed by atoms with van der Waals surface area (Å²) in [6, 6.07) is 24.5. The van der Waals surface area contributed by atoms with Crippen LogP contribution in [0.2, 0.25) is 5.02 Å². The highest BCUT2D eigenvalue weighted by atomic mass is 35.5. The van der Waals surface area contributed by atoms with E-state index in [4.69, 9.17) is 16.3 Å². The molecule has 0 aromatic heterocycles. The zero-order valence-corrected chi connectivity index (χ0v) is 17.1. The number of hydrogen-bond acceptors (Lipinski definition) is 3. The van der Waals surface area contributed by atoms with E-state index in [1.54, 1.807) is 18.1 Å². The number of anilines is 1. The van der Waals surface area contributed by atoms with Crippen LogP contribution in [-0.4, -0.2) is 18.9 Å². The van der Waals surface area contributed by atoms with Crippen molar-refractivity contribution < 1.29 is 9.53 Å². The van der Waals surface area contributed by atoms with Crippen LogP contribution < -0.4 is 9.64 Å². The number of hydrogen-bond donors (Lipinski definition) is 0. The second kappa shape index (κ2) is 8.80. The van der Waals surface area contributed by atoms with Gasteiger partial charge in [0.05, 0.1) is 12.8 Å². The lowest BCUT2D eigenvalue weighted by Crippen LogP contribution is -2.30. The smallest absolute Gasteiger partial charge is 0.282 e. The van der Waals surface area contributed by atoms with E-state index in [0.29, 0.717) is 16.6 Å². The minimum absolute atomic E-state index is 0.181. The van der Waals surface area contributed by atoms with Gasteiger partial charge in [-0.05, 0) is 59.7 Å². The van der Waals surface area contributed by atoms with Crippen molar-refractivity contribution in [3.8, 4) is 5.75 Å². The molecule has 30 heavy (non-hydrogen) atoms. The molecule has 1 aliphatic rings. The van der Waals surface area contributed by atoms with Crippen LogP contribution in [0, 0.1) is 0 Å². The van der Waals surface area contributed by atoms with Crippen LogP contribution >= 0.6 is 11.6 Å². The molecular weight excluding hydrogens is 396 g/mol. The van der Waals surface area contributed by atoms with E-state index in [-0.39, 0.29) is 5.91 Å². The molecule has 3 aromatic carbocycles. The van der Waals surface area contributed by atoms with Gasteiger partial charge in [-0.1, -0.05) is 60.1 Å². The maximum Gasteiger partial charge on any atom is 0.282 e. The van der Waals surface area contributed by atoms with Gasteiger partial charge in [-0.25, -0.2) is 4.99 Å². The first-order valence-electron chi connectivity index (χ1n) is 9.41. The summed E-state index contributed by atoms with van der Waals surface area (Å²) in [5.41, 5.74) is 2.98. The van der Waals surface area contributed by atoms with Gasteiger partial charge in [0.25, 0.3) is 5.91 Å². The number of ether oxygens (including phenoxy) is 1. The molecule has 0 radical (unpaired) electrons. The molecule has 4 nitrogen and oxygen atoms in total. The lowest BCUT2D eigenvalue weighted by molar-refractivity contribution is -0.113. The second-order valence-electron chi connectivity index (χ2n) is 6.63. The van der Waals surface area contributed by atoms with Crippen molar-refractivity contribution >= 4 is 41.2 Å². The molecular formula is C25H19ClN2O2.